The maximum Gasteiger partial charge on any atom is 0.225 e. The van der Waals surface area contributed by atoms with Gasteiger partial charge in [-0.05, 0) is 43.5 Å². The van der Waals surface area contributed by atoms with E-state index in [2.05, 4.69) is 14.5 Å². The molecular weight excluding hydrogens is 414 g/mol. The number of nitrogens with zero attached hydrogens (tertiary/aromatic N) is 3. The van der Waals surface area contributed by atoms with Crippen molar-refractivity contribution in [1.82, 2.24) is 14.5 Å². The maximum atomic E-state index is 12.9. The average Bonchev–Trinajstić information content (AvgIpc) is 3.38. The number of fused-ring (bicyclic) bond motifs is 2. The second-order valence-electron chi connectivity index (χ2n) is 7.42. The topological polar surface area (TPSA) is 75.5 Å². The lowest BCUT2D eigenvalue weighted by Gasteiger charge is -2.27. The molecule has 1 atom stereocenters. The molecule has 1 aliphatic rings. The molecule has 0 spiro atoms. The number of ether oxygens (including phenoxy) is 3. The fourth-order valence-electron chi connectivity index (χ4n) is 3.82. The third-order valence-corrected chi connectivity index (χ3v) is 6.21. The van der Waals surface area contributed by atoms with E-state index in [9.17, 15) is 4.79 Å². The van der Waals surface area contributed by atoms with Gasteiger partial charge in [0, 0.05) is 17.0 Å². The quantitative estimate of drug-likeness (QED) is 0.422. The minimum atomic E-state index is -0.133. The van der Waals surface area contributed by atoms with Crippen molar-refractivity contribution in [3.63, 3.8) is 0 Å². The zero-order chi connectivity index (χ0) is 21.4. The minimum Gasteiger partial charge on any atom is -0.486 e. The Bertz CT molecular complexity index is 1260. The Morgan fingerprint density at radius 1 is 1.23 bits per heavy atom. The third-order valence-electron chi connectivity index (χ3n) is 5.39. The minimum absolute atomic E-state index is 0.0807. The van der Waals surface area contributed by atoms with Gasteiger partial charge in [-0.15, -0.1) is 11.3 Å². The number of hydrogen-bond acceptors (Lipinski definition) is 7. The molecule has 158 valence electrons. The predicted octanol–water partition coefficient (Wildman–Crippen LogP) is 4.21. The Balaban J connectivity index is 1.29. The van der Waals surface area contributed by atoms with Crippen LogP contribution in [0.2, 0.25) is 0 Å². The molecule has 0 amide bonds. The predicted molar refractivity (Wildman–Crippen MR) is 117 cm³/mol. The number of aromatic nitrogens is 3. The second kappa shape index (κ2) is 8.03. The molecule has 0 saturated carbocycles. The summed E-state index contributed by atoms with van der Waals surface area (Å²) in [4.78, 5) is 22.1. The number of carbonyl (C=O) groups is 1. The summed E-state index contributed by atoms with van der Waals surface area (Å²) in [5.41, 5.74) is 2.52. The zero-order valence-electron chi connectivity index (χ0n) is 17.2. The zero-order valence-corrected chi connectivity index (χ0v) is 18.0. The number of hydrogen-bond donors (Lipinski definition) is 0. The van der Waals surface area contributed by atoms with E-state index < -0.39 is 0 Å². The molecule has 0 N–H and O–H groups in total. The maximum absolute atomic E-state index is 12.9. The van der Waals surface area contributed by atoms with Gasteiger partial charge in [0.1, 0.15) is 17.8 Å². The van der Waals surface area contributed by atoms with E-state index in [1.165, 1.54) is 17.7 Å². The van der Waals surface area contributed by atoms with Crippen LogP contribution in [0.5, 0.6) is 17.4 Å². The van der Waals surface area contributed by atoms with Crippen molar-refractivity contribution in [2.45, 2.75) is 26.5 Å². The van der Waals surface area contributed by atoms with E-state index in [-0.39, 0.29) is 18.5 Å². The lowest BCUT2D eigenvalue weighted by atomic mass is 10.1. The molecule has 0 bridgehead atoms. The fourth-order valence-corrected chi connectivity index (χ4v) is 4.54. The molecule has 4 heterocycles. The molecule has 31 heavy (non-hydrogen) atoms. The third kappa shape index (κ3) is 3.74. The van der Waals surface area contributed by atoms with Crippen LogP contribution in [0, 0.1) is 13.8 Å². The van der Waals surface area contributed by atoms with Gasteiger partial charge in [-0.25, -0.2) is 9.97 Å². The summed E-state index contributed by atoms with van der Waals surface area (Å²) in [5.74, 6) is 1.85. The highest BCUT2D eigenvalue weighted by Crippen LogP contribution is 2.32. The Labute approximate surface area is 183 Å². The summed E-state index contributed by atoms with van der Waals surface area (Å²) in [6, 6.07) is 11.5. The SMILES string of the molecule is Cc1cc(C(=O)COc2ncnc3sccc23)c(C)n1CC1COc2ccccc2O1. The van der Waals surface area contributed by atoms with Gasteiger partial charge in [0.15, 0.2) is 24.2 Å². The molecule has 1 aromatic carbocycles. The van der Waals surface area contributed by atoms with Crippen LogP contribution >= 0.6 is 11.3 Å². The summed E-state index contributed by atoms with van der Waals surface area (Å²) in [5, 5.41) is 2.75. The number of thiophene rings is 1. The molecule has 0 aliphatic carbocycles. The Morgan fingerprint density at radius 2 is 2.06 bits per heavy atom. The van der Waals surface area contributed by atoms with Gasteiger partial charge in [-0.1, -0.05) is 12.1 Å². The van der Waals surface area contributed by atoms with Crippen molar-refractivity contribution in [3.8, 4) is 17.4 Å². The van der Waals surface area contributed by atoms with Crippen molar-refractivity contribution >= 4 is 27.3 Å². The van der Waals surface area contributed by atoms with E-state index in [0.29, 0.717) is 24.6 Å². The standard InChI is InChI=1S/C23H21N3O4S/c1-14-9-18(19(27)12-29-22-17-7-8-31-23(17)25-13-24-22)15(2)26(14)10-16-11-28-20-5-3-4-6-21(20)30-16/h3-9,13,16H,10-12H2,1-2H3. The van der Waals surface area contributed by atoms with Gasteiger partial charge >= 0.3 is 0 Å². The van der Waals surface area contributed by atoms with Gasteiger partial charge in [0.2, 0.25) is 11.7 Å². The molecular formula is C23H21N3O4S. The van der Waals surface area contributed by atoms with E-state index >= 15 is 0 Å². The van der Waals surface area contributed by atoms with Gasteiger partial charge < -0.3 is 18.8 Å². The van der Waals surface area contributed by atoms with Crippen LogP contribution in [0.15, 0.2) is 48.1 Å². The highest BCUT2D eigenvalue weighted by atomic mass is 32.1. The number of para-hydroxylation sites is 2. The number of Topliss-reactive ketones (excluding diaryl/α,β-unsaturated/α-hetero) is 1. The number of aryl methyl sites for hydroxylation is 1. The van der Waals surface area contributed by atoms with Crippen LogP contribution in [0.25, 0.3) is 10.2 Å². The summed E-state index contributed by atoms with van der Waals surface area (Å²) in [6.45, 7) is 4.91. The average molecular weight is 436 g/mol. The monoisotopic (exact) mass is 435 g/mol. The first-order valence-electron chi connectivity index (χ1n) is 9.99. The molecule has 8 heteroatoms. The van der Waals surface area contributed by atoms with E-state index in [4.69, 9.17) is 14.2 Å². The first kappa shape index (κ1) is 19.6. The number of benzene rings is 1. The molecule has 3 aromatic heterocycles. The molecule has 4 aromatic rings. The summed E-state index contributed by atoms with van der Waals surface area (Å²) in [7, 11) is 0. The van der Waals surface area contributed by atoms with E-state index in [1.54, 1.807) is 0 Å². The Hall–Kier alpha value is -3.39. The van der Waals surface area contributed by atoms with Crippen molar-refractivity contribution in [3.05, 3.63) is 65.1 Å². The molecule has 1 aliphatic heterocycles. The highest BCUT2D eigenvalue weighted by Gasteiger charge is 2.24. The highest BCUT2D eigenvalue weighted by molar-refractivity contribution is 7.16. The van der Waals surface area contributed by atoms with Crippen molar-refractivity contribution in [2.75, 3.05) is 13.2 Å². The van der Waals surface area contributed by atoms with E-state index in [1.807, 2.05) is 55.6 Å². The van der Waals surface area contributed by atoms with Crippen LogP contribution in [0.1, 0.15) is 21.7 Å². The van der Waals surface area contributed by atoms with Gasteiger partial charge in [0.25, 0.3) is 0 Å². The van der Waals surface area contributed by atoms with Crippen molar-refractivity contribution in [1.29, 1.82) is 0 Å². The van der Waals surface area contributed by atoms with Gasteiger partial charge in [0.05, 0.1) is 11.9 Å². The van der Waals surface area contributed by atoms with Gasteiger partial charge in [-0.3, -0.25) is 4.79 Å². The normalized spacial score (nSPS) is 15.2. The van der Waals surface area contributed by atoms with E-state index in [0.717, 1.165) is 33.1 Å². The summed E-state index contributed by atoms with van der Waals surface area (Å²) >= 11 is 1.51. The molecule has 1 unspecified atom stereocenters. The second-order valence-corrected chi connectivity index (χ2v) is 8.32. The van der Waals surface area contributed by atoms with Crippen LogP contribution in [-0.2, 0) is 6.54 Å². The van der Waals surface area contributed by atoms with Crippen LogP contribution in [-0.4, -0.2) is 39.6 Å². The fraction of sp³-hybridized carbons (Fsp3) is 0.261. The summed E-state index contributed by atoms with van der Waals surface area (Å²) in [6.07, 6.45) is 1.32. The van der Waals surface area contributed by atoms with Crippen LogP contribution in [0.3, 0.4) is 0 Å². The Kier molecular flexibility index (Phi) is 5.07. The first-order chi connectivity index (χ1) is 15.1. The van der Waals surface area contributed by atoms with Gasteiger partial charge in [-0.2, -0.15) is 0 Å². The lowest BCUT2D eigenvalue weighted by molar-refractivity contribution is 0.0777. The molecule has 0 fully saturated rings. The Morgan fingerprint density at radius 3 is 2.94 bits per heavy atom. The smallest absolute Gasteiger partial charge is 0.225 e. The molecule has 5 rings (SSSR count). The number of ketones is 1. The molecule has 7 nitrogen and oxygen atoms in total. The van der Waals surface area contributed by atoms with Crippen molar-refractivity contribution < 1.29 is 19.0 Å². The molecule has 0 radical (unpaired) electrons. The first-order valence-corrected chi connectivity index (χ1v) is 10.9. The number of rotatable bonds is 6. The largest absolute Gasteiger partial charge is 0.486 e. The van der Waals surface area contributed by atoms with Crippen LogP contribution in [0.4, 0.5) is 0 Å². The summed E-state index contributed by atoms with van der Waals surface area (Å²) < 4.78 is 19.7. The lowest BCUT2D eigenvalue weighted by Crippen LogP contribution is -2.33. The number of carbonyl (C=O) groups excluding carboxylic acids is 1. The van der Waals surface area contributed by atoms with Crippen molar-refractivity contribution in [2.24, 2.45) is 0 Å². The van der Waals surface area contributed by atoms with Crippen LogP contribution < -0.4 is 14.2 Å². The molecule has 0 saturated heterocycles.